The van der Waals surface area contributed by atoms with Gasteiger partial charge < -0.3 is 14.0 Å². The van der Waals surface area contributed by atoms with Crippen LogP contribution in [0.1, 0.15) is 67.4 Å². The molecule has 0 unspecified atom stereocenters. The van der Waals surface area contributed by atoms with Gasteiger partial charge in [0.05, 0.1) is 19.4 Å². The third-order valence-corrected chi connectivity index (χ3v) is 5.83. The van der Waals surface area contributed by atoms with Crippen LogP contribution in [0.4, 0.5) is 4.39 Å². The van der Waals surface area contributed by atoms with E-state index in [9.17, 15) is 9.18 Å². The minimum Gasteiger partial charge on any atom is -0.493 e. The van der Waals surface area contributed by atoms with Gasteiger partial charge in [0, 0.05) is 28.8 Å². The molecule has 2 aromatic carbocycles. The molecule has 1 aliphatic rings. The Balaban J connectivity index is 0.000000227. The minimum atomic E-state index is -0.265. The number of methoxy groups -OCH3 is 1. The standard InChI is InChI=1S/C13H14FNO.C12H15ClO3.ClH/c14-10-6-7-11-12(8-10)16-15-13(11)9-4-2-1-3-5-9;1-9(14)10-4-5-11(12(8-10)15-2)16-7-3-6-13;/h6-9H,1-5H2;4-5,8H,3,6-7H2,1-2H3;1H. The lowest BCUT2D eigenvalue weighted by Gasteiger charge is -2.19. The SMILES string of the molecule is COc1cc(C(C)=O)ccc1OCCCCl.Cl.Fc1ccc2c(C3CCCCC3)noc2c1. The summed E-state index contributed by atoms with van der Waals surface area (Å²) in [6.45, 7) is 2.06. The van der Waals surface area contributed by atoms with Crippen molar-refractivity contribution in [1.82, 2.24) is 5.16 Å². The second kappa shape index (κ2) is 13.4. The van der Waals surface area contributed by atoms with Gasteiger partial charge in [0.15, 0.2) is 22.9 Å². The number of Topliss-reactive ketones (excluding diaryl/α,β-unsaturated/α-hetero) is 1. The largest absolute Gasteiger partial charge is 0.493 e. The maximum absolute atomic E-state index is 13.0. The van der Waals surface area contributed by atoms with Crippen LogP contribution >= 0.6 is 24.0 Å². The average Bonchev–Trinajstić information content (AvgIpc) is 3.23. The number of carbonyl (C=O) groups excluding carboxylic acids is 1. The number of benzene rings is 2. The summed E-state index contributed by atoms with van der Waals surface area (Å²) in [6.07, 6.45) is 6.98. The summed E-state index contributed by atoms with van der Waals surface area (Å²) in [5.41, 5.74) is 2.21. The Bertz CT molecular complexity index is 1030. The third-order valence-electron chi connectivity index (χ3n) is 5.56. The van der Waals surface area contributed by atoms with Crippen molar-refractivity contribution in [1.29, 1.82) is 0 Å². The van der Waals surface area contributed by atoms with Crippen molar-refractivity contribution >= 4 is 40.8 Å². The van der Waals surface area contributed by atoms with Gasteiger partial charge in [-0.2, -0.15) is 0 Å². The zero-order chi connectivity index (χ0) is 22.9. The number of nitrogens with zero attached hydrogens (tertiary/aromatic N) is 1. The van der Waals surface area contributed by atoms with Crippen LogP contribution in [0.2, 0.25) is 0 Å². The molecule has 5 nitrogen and oxygen atoms in total. The quantitative estimate of drug-likeness (QED) is 0.194. The molecule has 0 bridgehead atoms. The van der Waals surface area contributed by atoms with Gasteiger partial charge in [-0.25, -0.2) is 4.39 Å². The van der Waals surface area contributed by atoms with E-state index < -0.39 is 0 Å². The fraction of sp³-hybridized carbons (Fsp3) is 0.440. The highest BCUT2D eigenvalue weighted by molar-refractivity contribution is 6.17. The Morgan fingerprint density at radius 2 is 1.91 bits per heavy atom. The van der Waals surface area contributed by atoms with Gasteiger partial charge in [0.2, 0.25) is 0 Å². The maximum atomic E-state index is 13.0. The van der Waals surface area contributed by atoms with E-state index in [0.717, 1.165) is 17.5 Å². The van der Waals surface area contributed by atoms with E-state index in [1.807, 2.05) is 0 Å². The Morgan fingerprint density at radius 1 is 1.15 bits per heavy atom. The maximum Gasteiger partial charge on any atom is 0.170 e. The molecule has 1 heterocycles. The molecule has 0 atom stereocenters. The molecular weight excluding hydrogens is 468 g/mol. The van der Waals surface area contributed by atoms with Crippen molar-refractivity contribution in [3.8, 4) is 11.5 Å². The highest BCUT2D eigenvalue weighted by Crippen LogP contribution is 2.35. The number of rotatable bonds is 7. The zero-order valence-corrected chi connectivity index (χ0v) is 20.5. The van der Waals surface area contributed by atoms with Gasteiger partial charge in [0.1, 0.15) is 5.82 Å². The topological polar surface area (TPSA) is 61.6 Å². The van der Waals surface area contributed by atoms with Crippen molar-refractivity contribution in [2.45, 2.75) is 51.4 Å². The number of halogens is 3. The minimum absolute atomic E-state index is 0. The molecule has 0 spiro atoms. The lowest BCUT2D eigenvalue weighted by atomic mass is 9.86. The van der Waals surface area contributed by atoms with Crippen molar-refractivity contribution in [3.63, 3.8) is 0 Å². The molecule has 0 saturated heterocycles. The van der Waals surface area contributed by atoms with Crippen LogP contribution in [0.15, 0.2) is 40.9 Å². The number of ketones is 1. The number of alkyl halides is 1. The van der Waals surface area contributed by atoms with Crippen LogP contribution in [-0.4, -0.2) is 30.5 Å². The van der Waals surface area contributed by atoms with E-state index in [4.69, 9.17) is 25.6 Å². The van der Waals surface area contributed by atoms with Gasteiger partial charge in [-0.15, -0.1) is 24.0 Å². The predicted molar refractivity (Wildman–Crippen MR) is 131 cm³/mol. The lowest BCUT2D eigenvalue weighted by molar-refractivity contribution is 0.101. The Labute approximate surface area is 205 Å². The van der Waals surface area contributed by atoms with Crippen molar-refractivity contribution < 1.29 is 23.2 Å². The van der Waals surface area contributed by atoms with Crippen LogP contribution in [0.3, 0.4) is 0 Å². The summed E-state index contributed by atoms with van der Waals surface area (Å²) in [6, 6.07) is 9.81. The molecule has 0 aliphatic heterocycles. The van der Waals surface area contributed by atoms with E-state index in [0.29, 0.717) is 41.1 Å². The summed E-state index contributed by atoms with van der Waals surface area (Å²) in [7, 11) is 1.55. The summed E-state index contributed by atoms with van der Waals surface area (Å²) < 4.78 is 28.8. The van der Waals surface area contributed by atoms with E-state index in [1.54, 1.807) is 31.4 Å². The molecule has 1 aromatic heterocycles. The molecular formula is C25H30Cl2FNO4. The van der Waals surface area contributed by atoms with Crippen molar-refractivity contribution in [2.75, 3.05) is 19.6 Å². The lowest BCUT2D eigenvalue weighted by Crippen LogP contribution is -2.04. The molecule has 0 amide bonds. The van der Waals surface area contributed by atoms with E-state index in [-0.39, 0.29) is 24.0 Å². The molecule has 33 heavy (non-hydrogen) atoms. The van der Waals surface area contributed by atoms with E-state index in [2.05, 4.69) is 5.16 Å². The van der Waals surface area contributed by atoms with Crippen LogP contribution in [-0.2, 0) is 0 Å². The van der Waals surface area contributed by atoms with Gasteiger partial charge >= 0.3 is 0 Å². The summed E-state index contributed by atoms with van der Waals surface area (Å²) in [5.74, 6) is 2.01. The summed E-state index contributed by atoms with van der Waals surface area (Å²) in [5, 5.41) is 5.10. The van der Waals surface area contributed by atoms with Gasteiger partial charge in [-0.3, -0.25) is 4.79 Å². The van der Waals surface area contributed by atoms with Crippen LogP contribution in [0.5, 0.6) is 11.5 Å². The zero-order valence-electron chi connectivity index (χ0n) is 18.9. The normalized spacial score (nSPS) is 13.6. The third kappa shape index (κ3) is 7.34. The molecule has 4 rings (SSSR count). The van der Waals surface area contributed by atoms with Crippen LogP contribution in [0, 0.1) is 5.82 Å². The molecule has 1 fully saturated rings. The Hall–Kier alpha value is -2.31. The number of hydrogen-bond acceptors (Lipinski definition) is 5. The molecule has 0 N–H and O–H groups in total. The van der Waals surface area contributed by atoms with Gasteiger partial charge in [-0.1, -0.05) is 24.4 Å². The Morgan fingerprint density at radius 3 is 2.58 bits per heavy atom. The van der Waals surface area contributed by atoms with Crippen molar-refractivity contribution in [2.24, 2.45) is 0 Å². The van der Waals surface area contributed by atoms with E-state index in [1.165, 1.54) is 51.2 Å². The van der Waals surface area contributed by atoms with Gasteiger partial charge in [-0.05, 0) is 56.5 Å². The molecule has 180 valence electrons. The van der Waals surface area contributed by atoms with Crippen molar-refractivity contribution in [3.05, 3.63) is 53.5 Å². The molecule has 0 radical (unpaired) electrons. The van der Waals surface area contributed by atoms with Crippen LogP contribution in [0.25, 0.3) is 11.0 Å². The highest BCUT2D eigenvalue weighted by Gasteiger charge is 2.21. The fourth-order valence-electron chi connectivity index (χ4n) is 3.84. The second-order valence-electron chi connectivity index (χ2n) is 7.86. The molecule has 3 aromatic rings. The smallest absolute Gasteiger partial charge is 0.170 e. The number of ether oxygens (including phenoxy) is 2. The average molecular weight is 498 g/mol. The predicted octanol–water partition coefficient (Wildman–Crippen LogP) is 7.34. The van der Waals surface area contributed by atoms with Gasteiger partial charge in [0.25, 0.3) is 0 Å². The molecule has 8 heteroatoms. The highest BCUT2D eigenvalue weighted by atomic mass is 35.5. The first-order chi connectivity index (χ1) is 15.5. The monoisotopic (exact) mass is 497 g/mol. The summed E-state index contributed by atoms with van der Waals surface area (Å²) in [4.78, 5) is 11.2. The molecule has 1 saturated carbocycles. The first-order valence-corrected chi connectivity index (χ1v) is 11.5. The molecule has 1 aliphatic carbocycles. The number of carbonyl (C=O) groups is 1. The summed E-state index contributed by atoms with van der Waals surface area (Å²) >= 11 is 5.55. The number of hydrogen-bond donors (Lipinski definition) is 0. The number of fused-ring (bicyclic) bond motifs is 1. The van der Waals surface area contributed by atoms with Crippen LogP contribution < -0.4 is 9.47 Å². The first-order valence-electron chi connectivity index (χ1n) is 11.0. The van der Waals surface area contributed by atoms with E-state index >= 15 is 0 Å². The number of aromatic nitrogens is 1. The fourth-order valence-corrected chi connectivity index (χ4v) is 3.95. The second-order valence-corrected chi connectivity index (χ2v) is 8.23. The first kappa shape index (κ1) is 26.9. The Kier molecular flexibility index (Phi) is 10.9.